The van der Waals surface area contributed by atoms with Crippen molar-refractivity contribution < 1.29 is 0 Å². The second-order valence-corrected chi connectivity index (χ2v) is 5.09. The van der Waals surface area contributed by atoms with Crippen LogP contribution in [0.3, 0.4) is 0 Å². The third-order valence-electron chi connectivity index (χ3n) is 3.73. The Balaban J connectivity index is 1.77. The van der Waals surface area contributed by atoms with E-state index in [1.54, 1.807) is 11.0 Å². The van der Waals surface area contributed by atoms with Crippen molar-refractivity contribution >= 4 is 10.9 Å². The van der Waals surface area contributed by atoms with Crippen molar-refractivity contribution in [3.63, 3.8) is 0 Å². The van der Waals surface area contributed by atoms with Crippen LogP contribution < -0.4 is 5.32 Å². The Hall–Kier alpha value is -2.14. The quantitative estimate of drug-likeness (QED) is 0.787. The maximum absolute atomic E-state index is 4.27. The van der Waals surface area contributed by atoms with Crippen LogP contribution >= 0.6 is 0 Å². The highest BCUT2D eigenvalue weighted by Gasteiger charge is 2.10. The molecule has 0 spiro atoms. The van der Waals surface area contributed by atoms with Crippen LogP contribution in [0.4, 0.5) is 0 Å². The molecule has 0 aliphatic carbocycles. The summed E-state index contributed by atoms with van der Waals surface area (Å²) in [6.45, 7) is 3.68. The second kappa shape index (κ2) is 5.09. The van der Waals surface area contributed by atoms with E-state index in [1.807, 2.05) is 7.05 Å². The summed E-state index contributed by atoms with van der Waals surface area (Å²) >= 11 is 0. The van der Waals surface area contributed by atoms with Gasteiger partial charge in [0, 0.05) is 37.2 Å². The minimum absolute atomic E-state index is 0.682. The molecule has 3 aromatic rings. The average molecular weight is 269 g/mol. The van der Waals surface area contributed by atoms with Crippen molar-refractivity contribution in [2.45, 2.75) is 20.0 Å². The summed E-state index contributed by atoms with van der Waals surface area (Å²) in [4.78, 5) is 4.22. The molecule has 3 rings (SSSR count). The van der Waals surface area contributed by atoms with Crippen molar-refractivity contribution in [3.8, 4) is 0 Å². The fourth-order valence-corrected chi connectivity index (χ4v) is 2.64. The van der Waals surface area contributed by atoms with Gasteiger partial charge < -0.3 is 9.88 Å². The monoisotopic (exact) mass is 269 g/mol. The minimum atomic E-state index is 0.682. The number of para-hydroxylation sites is 1. The highest BCUT2D eigenvalue weighted by Crippen LogP contribution is 2.24. The third-order valence-corrected chi connectivity index (χ3v) is 3.73. The highest BCUT2D eigenvalue weighted by atomic mass is 15.3. The molecule has 0 saturated heterocycles. The highest BCUT2D eigenvalue weighted by molar-refractivity contribution is 5.85. The lowest BCUT2D eigenvalue weighted by Crippen LogP contribution is -2.16. The Labute approximate surface area is 118 Å². The van der Waals surface area contributed by atoms with E-state index in [1.165, 1.54) is 22.2 Å². The molecule has 5 heteroatoms. The predicted molar refractivity (Wildman–Crippen MR) is 79.2 cm³/mol. The Morgan fingerprint density at radius 1 is 1.15 bits per heavy atom. The molecule has 0 atom stereocenters. The number of aryl methyl sites for hydroxylation is 3. The van der Waals surface area contributed by atoms with Gasteiger partial charge in [-0.3, -0.25) is 4.68 Å². The molecule has 0 aliphatic heterocycles. The number of fused-ring (bicyclic) bond motifs is 1. The molecule has 2 heterocycles. The van der Waals surface area contributed by atoms with Crippen molar-refractivity contribution in [2.75, 3.05) is 0 Å². The number of aromatic nitrogens is 4. The van der Waals surface area contributed by atoms with Gasteiger partial charge in [0.1, 0.15) is 6.33 Å². The topological polar surface area (TPSA) is 47.7 Å². The first kappa shape index (κ1) is 12.9. The van der Waals surface area contributed by atoms with Crippen molar-refractivity contribution in [1.82, 2.24) is 24.6 Å². The normalized spacial score (nSPS) is 11.3. The summed E-state index contributed by atoms with van der Waals surface area (Å²) in [5.41, 5.74) is 3.92. The van der Waals surface area contributed by atoms with E-state index in [0.717, 1.165) is 12.4 Å². The van der Waals surface area contributed by atoms with E-state index in [9.17, 15) is 0 Å². The van der Waals surface area contributed by atoms with Gasteiger partial charge in [-0.25, -0.2) is 4.98 Å². The molecule has 0 unspecified atom stereocenters. The fraction of sp³-hybridized carbons (Fsp3) is 0.333. The molecule has 2 aromatic heterocycles. The summed E-state index contributed by atoms with van der Waals surface area (Å²) < 4.78 is 3.97. The smallest absolute Gasteiger partial charge is 0.164 e. The van der Waals surface area contributed by atoms with Gasteiger partial charge in [-0.2, -0.15) is 5.10 Å². The van der Waals surface area contributed by atoms with Crippen LogP contribution in [0.15, 0.2) is 30.6 Å². The maximum atomic E-state index is 4.27. The van der Waals surface area contributed by atoms with Crippen LogP contribution in [0.2, 0.25) is 0 Å². The fourth-order valence-electron chi connectivity index (χ4n) is 2.64. The van der Waals surface area contributed by atoms with Crippen molar-refractivity contribution in [3.05, 3.63) is 47.7 Å². The molecule has 0 fully saturated rings. The first-order chi connectivity index (χ1) is 9.66. The number of nitrogens with zero attached hydrogens (tertiary/aromatic N) is 4. The minimum Gasteiger partial charge on any atom is -0.346 e. The standard InChI is InChI=1S/C15H19N5/c1-11-12-6-4-5-7-13(12)20(3)14(11)8-16-9-15-17-10-19(2)18-15/h4-7,10,16H,8-9H2,1-3H3. The molecular weight excluding hydrogens is 250 g/mol. The van der Waals surface area contributed by atoms with Crippen molar-refractivity contribution in [2.24, 2.45) is 14.1 Å². The zero-order valence-electron chi connectivity index (χ0n) is 12.1. The van der Waals surface area contributed by atoms with Gasteiger partial charge in [-0.05, 0) is 18.6 Å². The van der Waals surface area contributed by atoms with Gasteiger partial charge in [0.15, 0.2) is 5.82 Å². The Morgan fingerprint density at radius 3 is 2.65 bits per heavy atom. The van der Waals surface area contributed by atoms with Gasteiger partial charge in [-0.1, -0.05) is 18.2 Å². The molecule has 5 nitrogen and oxygen atoms in total. The summed E-state index contributed by atoms with van der Waals surface area (Å²) in [5, 5.41) is 9.00. The number of nitrogens with one attached hydrogen (secondary N) is 1. The summed E-state index contributed by atoms with van der Waals surface area (Å²) in [7, 11) is 4.00. The zero-order valence-corrected chi connectivity index (χ0v) is 12.1. The van der Waals surface area contributed by atoms with Gasteiger partial charge in [-0.15, -0.1) is 0 Å². The van der Waals surface area contributed by atoms with E-state index in [2.05, 4.69) is 58.2 Å². The largest absolute Gasteiger partial charge is 0.346 e. The lowest BCUT2D eigenvalue weighted by Gasteiger charge is -2.06. The van der Waals surface area contributed by atoms with Crippen LogP contribution in [0.5, 0.6) is 0 Å². The van der Waals surface area contributed by atoms with Crippen molar-refractivity contribution in [1.29, 1.82) is 0 Å². The summed E-state index contributed by atoms with van der Waals surface area (Å²) in [6, 6.07) is 8.50. The van der Waals surface area contributed by atoms with Crippen LogP contribution in [0, 0.1) is 6.92 Å². The van der Waals surface area contributed by atoms with E-state index in [-0.39, 0.29) is 0 Å². The summed E-state index contributed by atoms with van der Waals surface area (Å²) in [5.74, 6) is 0.823. The lowest BCUT2D eigenvalue weighted by atomic mass is 10.1. The maximum Gasteiger partial charge on any atom is 0.164 e. The Morgan fingerprint density at radius 2 is 1.95 bits per heavy atom. The molecule has 1 N–H and O–H groups in total. The molecule has 104 valence electrons. The number of hydrogen-bond donors (Lipinski definition) is 1. The van der Waals surface area contributed by atoms with Crippen LogP contribution in [-0.4, -0.2) is 19.3 Å². The van der Waals surface area contributed by atoms with Gasteiger partial charge in [0.05, 0.1) is 6.54 Å². The molecule has 0 aliphatic rings. The molecular formula is C15H19N5. The Kier molecular flexibility index (Phi) is 3.28. The molecule has 0 radical (unpaired) electrons. The Bertz CT molecular complexity index is 699. The molecule has 0 bridgehead atoms. The zero-order chi connectivity index (χ0) is 14.1. The van der Waals surface area contributed by atoms with Crippen LogP contribution in [0.25, 0.3) is 10.9 Å². The van der Waals surface area contributed by atoms with Gasteiger partial charge in [0.2, 0.25) is 0 Å². The van der Waals surface area contributed by atoms with E-state index in [4.69, 9.17) is 0 Å². The molecule has 20 heavy (non-hydrogen) atoms. The number of rotatable bonds is 4. The molecule has 0 saturated carbocycles. The van der Waals surface area contributed by atoms with Crippen LogP contribution in [0.1, 0.15) is 17.1 Å². The van der Waals surface area contributed by atoms with Crippen LogP contribution in [-0.2, 0) is 27.2 Å². The van der Waals surface area contributed by atoms with E-state index >= 15 is 0 Å². The van der Waals surface area contributed by atoms with Gasteiger partial charge in [0.25, 0.3) is 0 Å². The second-order valence-electron chi connectivity index (χ2n) is 5.09. The number of hydrogen-bond acceptors (Lipinski definition) is 3. The first-order valence-electron chi connectivity index (χ1n) is 6.75. The third kappa shape index (κ3) is 2.20. The van der Waals surface area contributed by atoms with E-state index in [0.29, 0.717) is 6.54 Å². The molecule has 0 amide bonds. The average Bonchev–Trinajstić information content (AvgIpc) is 2.97. The summed E-state index contributed by atoms with van der Waals surface area (Å²) in [6.07, 6.45) is 1.72. The SMILES string of the molecule is Cc1c(CNCc2ncn(C)n2)n(C)c2ccccc12. The lowest BCUT2D eigenvalue weighted by molar-refractivity contribution is 0.626. The van der Waals surface area contributed by atoms with E-state index < -0.39 is 0 Å². The number of benzene rings is 1. The first-order valence-corrected chi connectivity index (χ1v) is 6.75. The molecule has 1 aromatic carbocycles. The van der Waals surface area contributed by atoms with Gasteiger partial charge >= 0.3 is 0 Å². The predicted octanol–water partition coefficient (Wildman–Crippen LogP) is 1.91.